The number of hydrogen-bond donors (Lipinski definition) is 1. The number of amides is 2. The van der Waals surface area contributed by atoms with E-state index in [9.17, 15) is 9.59 Å². The molecule has 3 rings (SSSR count). The van der Waals surface area contributed by atoms with Gasteiger partial charge >= 0.3 is 0 Å². The van der Waals surface area contributed by atoms with Gasteiger partial charge in [-0.15, -0.1) is 0 Å². The van der Waals surface area contributed by atoms with Crippen molar-refractivity contribution in [3.8, 4) is 5.75 Å². The maximum absolute atomic E-state index is 13.4. The zero-order valence-electron chi connectivity index (χ0n) is 21.1. The third-order valence-corrected chi connectivity index (χ3v) is 6.13. The summed E-state index contributed by atoms with van der Waals surface area (Å²) in [4.78, 5) is 37.6. The monoisotopic (exact) mass is 485 g/mol. The Labute approximate surface area is 206 Å². The standard InChI is InChI=1S/C25H35N5O5/c1-17-11-30(12-19-9-26-16-27-10-19)18(2)14-35-22-7-6-20(28-24(31)15-33-4)8-21(22)25(32)29(3)13-23(17)34-5/h6-10,16-18,23H,11-15H2,1-5H3,(H,28,31)/t17-,18+,23-/m1/s1. The lowest BCUT2D eigenvalue weighted by Crippen LogP contribution is -2.46. The highest BCUT2D eigenvalue weighted by atomic mass is 16.5. The van der Waals surface area contributed by atoms with Crippen LogP contribution >= 0.6 is 0 Å². The molecule has 2 amide bonds. The lowest BCUT2D eigenvalue weighted by atomic mass is 10.0. The molecule has 1 aliphatic rings. The van der Waals surface area contributed by atoms with E-state index >= 15 is 0 Å². The summed E-state index contributed by atoms with van der Waals surface area (Å²) in [5, 5.41) is 2.75. The van der Waals surface area contributed by atoms with Gasteiger partial charge in [-0.3, -0.25) is 14.5 Å². The Morgan fingerprint density at radius 1 is 1.20 bits per heavy atom. The van der Waals surface area contributed by atoms with Crippen LogP contribution in [0.3, 0.4) is 0 Å². The van der Waals surface area contributed by atoms with E-state index in [-0.39, 0.29) is 36.5 Å². The number of nitrogens with zero attached hydrogens (tertiary/aromatic N) is 4. The lowest BCUT2D eigenvalue weighted by molar-refractivity contribution is -0.119. The van der Waals surface area contributed by atoms with E-state index in [0.29, 0.717) is 36.7 Å². The molecule has 2 aromatic rings. The number of carbonyl (C=O) groups is 2. The molecular weight excluding hydrogens is 450 g/mol. The number of hydrogen-bond acceptors (Lipinski definition) is 8. The van der Waals surface area contributed by atoms with E-state index in [4.69, 9.17) is 14.2 Å². The molecule has 0 aliphatic carbocycles. The molecule has 1 aliphatic heterocycles. The zero-order valence-corrected chi connectivity index (χ0v) is 21.1. The maximum Gasteiger partial charge on any atom is 0.257 e. The normalized spacial score (nSPS) is 21.9. The molecule has 0 spiro atoms. The Morgan fingerprint density at radius 2 is 1.94 bits per heavy atom. The van der Waals surface area contributed by atoms with E-state index in [1.54, 1.807) is 37.3 Å². The van der Waals surface area contributed by atoms with Crippen LogP contribution in [0.25, 0.3) is 0 Å². The van der Waals surface area contributed by atoms with Crippen molar-refractivity contribution in [3.63, 3.8) is 0 Å². The Balaban J connectivity index is 1.92. The maximum atomic E-state index is 13.4. The van der Waals surface area contributed by atoms with Crippen LogP contribution in [0.2, 0.25) is 0 Å². The molecule has 0 radical (unpaired) electrons. The summed E-state index contributed by atoms with van der Waals surface area (Å²) in [6.45, 7) is 6.34. The summed E-state index contributed by atoms with van der Waals surface area (Å²) < 4.78 is 16.8. The molecule has 1 aromatic heterocycles. The molecule has 10 heteroatoms. The van der Waals surface area contributed by atoms with E-state index in [0.717, 1.165) is 12.1 Å². The average Bonchev–Trinajstić information content (AvgIpc) is 2.85. The Kier molecular flexibility index (Phi) is 9.53. The van der Waals surface area contributed by atoms with Crippen LogP contribution in [0.15, 0.2) is 36.9 Å². The van der Waals surface area contributed by atoms with Gasteiger partial charge < -0.3 is 24.4 Å². The van der Waals surface area contributed by atoms with Crippen LogP contribution in [0.1, 0.15) is 29.8 Å². The van der Waals surface area contributed by atoms with Crippen molar-refractivity contribution in [2.45, 2.75) is 32.5 Å². The summed E-state index contributed by atoms with van der Waals surface area (Å²) in [5.74, 6) is 0.0956. The van der Waals surface area contributed by atoms with Gasteiger partial charge in [-0.1, -0.05) is 6.92 Å². The average molecular weight is 486 g/mol. The Morgan fingerprint density at radius 3 is 2.63 bits per heavy atom. The molecule has 2 heterocycles. The van der Waals surface area contributed by atoms with Gasteiger partial charge in [0.2, 0.25) is 5.91 Å². The van der Waals surface area contributed by atoms with Crippen molar-refractivity contribution in [2.75, 3.05) is 52.9 Å². The fourth-order valence-electron chi connectivity index (χ4n) is 4.12. The van der Waals surface area contributed by atoms with Crippen LogP contribution in [-0.4, -0.2) is 91.3 Å². The lowest BCUT2D eigenvalue weighted by Gasteiger charge is -2.36. The second-order valence-electron chi connectivity index (χ2n) is 8.97. The van der Waals surface area contributed by atoms with Crippen molar-refractivity contribution >= 4 is 17.5 Å². The van der Waals surface area contributed by atoms with Crippen molar-refractivity contribution in [1.29, 1.82) is 0 Å². The predicted molar refractivity (Wildman–Crippen MR) is 131 cm³/mol. The van der Waals surface area contributed by atoms with Gasteiger partial charge in [-0.05, 0) is 31.0 Å². The number of methoxy groups -OCH3 is 2. The Hall–Kier alpha value is -3.08. The molecule has 0 bridgehead atoms. The van der Waals surface area contributed by atoms with Gasteiger partial charge in [0.25, 0.3) is 5.91 Å². The fourth-order valence-corrected chi connectivity index (χ4v) is 4.12. The minimum Gasteiger partial charge on any atom is -0.491 e. The molecule has 0 saturated carbocycles. The van der Waals surface area contributed by atoms with Crippen molar-refractivity contribution in [3.05, 3.63) is 48.0 Å². The number of likely N-dealkylation sites (N-methyl/N-ethyl adjacent to an activating group) is 1. The molecule has 1 N–H and O–H groups in total. The molecule has 3 atom stereocenters. The second kappa shape index (κ2) is 12.6. The number of ether oxygens (including phenoxy) is 3. The van der Waals surface area contributed by atoms with Gasteiger partial charge in [0.05, 0.1) is 11.7 Å². The number of benzene rings is 1. The quantitative estimate of drug-likeness (QED) is 0.663. The molecule has 0 saturated heterocycles. The first-order valence-corrected chi connectivity index (χ1v) is 11.6. The first-order valence-electron chi connectivity index (χ1n) is 11.6. The highest BCUT2D eigenvalue weighted by Gasteiger charge is 2.28. The number of anilines is 1. The molecule has 0 unspecified atom stereocenters. The summed E-state index contributed by atoms with van der Waals surface area (Å²) in [5.41, 5.74) is 1.89. The van der Waals surface area contributed by atoms with Crippen molar-refractivity contribution in [2.24, 2.45) is 5.92 Å². The third kappa shape index (κ3) is 7.20. The molecule has 0 fully saturated rings. The Bertz CT molecular complexity index is 989. The molecule has 10 nitrogen and oxygen atoms in total. The molecule has 190 valence electrons. The number of aromatic nitrogens is 2. The van der Waals surface area contributed by atoms with Gasteiger partial charge in [-0.25, -0.2) is 9.97 Å². The second-order valence-corrected chi connectivity index (χ2v) is 8.97. The minimum absolute atomic E-state index is 0.0383. The van der Waals surface area contributed by atoms with Crippen LogP contribution in [0, 0.1) is 5.92 Å². The first-order chi connectivity index (χ1) is 16.8. The van der Waals surface area contributed by atoms with Gasteiger partial charge in [0, 0.05) is 70.6 Å². The topological polar surface area (TPSA) is 106 Å². The van der Waals surface area contributed by atoms with Gasteiger partial charge in [0.15, 0.2) is 0 Å². The van der Waals surface area contributed by atoms with Crippen LogP contribution in [-0.2, 0) is 20.8 Å². The predicted octanol–water partition coefficient (Wildman–Crippen LogP) is 2.07. The van der Waals surface area contributed by atoms with E-state index < -0.39 is 0 Å². The van der Waals surface area contributed by atoms with Crippen molar-refractivity contribution in [1.82, 2.24) is 19.8 Å². The SMILES string of the molecule is COCC(=O)Nc1ccc2c(c1)C(=O)N(C)C[C@@H](OC)[C@H](C)CN(Cc1cncnc1)[C@@H](C)CO2. The van der Waals surface area contributed by atoms with E-state index in [2.05, 4.69) is 34.0 Å². The fraction of sp³-hybridized carbons (Fsp3) is 0.520. The molecule has 35 heavy (non-hydrogen) atoms. The van der Waals surface area contributed by atoms with Crippen LogP contribution in [0.5, 0.6) is 5.75 Å². The number of nitrogens with one attached hydrogen (secondary N) is 1. The first kappa shape index (κ1) is 26.5. The summed E-state index contributed by atoms with van der Waals surface area (Å²) >= 11 is 0. The smallest absolute Gasteiger partial charge is 0.257 e. The third-order valence-electron chi connectivity index (χ3n) is 6.13. The summed E-state index contributed by atoms with van der Waals surface area (Å²) in [6.07, 6.45) is 4.98. The highest BCUT2D eigenvalue weighted by molar-refractivity contribution is 5.99. The van der Waals surface area contributed by atoms with Gasteiger partial charge in [0.1, 0.15) is 25.3 Å². The molecule has 1 aromatic carbocycles. The van der Waals surface area contributed by atoms with Crippen LogP contribution < -0.4 is 10.1 Å². The zero-order chi connectivity index (χ0) is 25.4. The number of rotatable bonds is 6. The summed E-state index contributed by atoms with van der Waals surface area (Å²) in [7, 11) is 4.87. The molecular formula is C25H35N5O5. The van der Waals surface area contributed by atoms with E-state index in [1.165, 1.54) is 13.4 Å². The highest BCUT2D eigenvalue weighted by Crippen LogP contribution is 2.26. The van der Waals surface area contributed by atoms with Crippen LogP contribution in [0.4, 0.5) is 5.69 Å². The van der Waals surface area contributed by atoms with Gasteiger partial charge in [-0.2, -0.15) is 0 Å². The number of carbonyl (C=O) groups excluding carboxylic acids is 2. The largest absolute Gasteiger partial charge is 0.491 e. The number of fused-ring (bicyclic) bond motifs is 1. The van der Waals surface area contributed by atoms with Crippen molar-refractivity contribution < 1.29 is 23.8 Å². The van der Waals surface area contributed by atoms with E-state index in [1.807, 2.05) is 12.4 Å². The minimum atomic E-state index is -0.301. The summed E-state index contributed by atoms with van der Waals surface area (Å²) in [6, 6.07) is 5.11.